The smallest absolute Gasteiger partial charge is 0.244 e. The Bertz CT molecular complexity index is 718. The summed E-state index contributed by atoms with van der Waals surface area (Å²) in [5.41, 5.74) is 1.68. The van der Waals surface area contributed by atoms with E-state index in [2.05, 4.69) is 10.3 Å². The number of carbonyl (C=O) groups is 1. The van der Waals surface area contributed by atoms with E-state index in [-0.39, 0.29) is 5.91 Å². The summed E-state index contributed by atoms with van der Waals surface area (Å²) in [6, 6.07) is 7.21. The third-order valence-electron chi connectivity index (χ3n) is 3.16. The van der Waals surface area contributed by atoms with E-state index >= 15 is 0 Å². The summed E-state index contributed by atoms with van der Waals surface area (Å²) in [5.74, 6) is 0.822. The summed E-state index contributed by atoms with van der Waals surface area (Å²) in [6.07, 6.45) is 6.51. The Hall–Kier alpha value is -2.53. The normalized spacial score (nSPS) is 10.6. The first-order chi connectivity index (χ1) is 11.6. The van der Waals surface area contributed by atoms with Crippen molar-refractivity contribution in [2.24, 2.45) is 0 Å². The Labute approximate surface area is 146 Å². The molecule has 2 aromatic rings. The van der Waals surface area contributed by atoms with E-state index in [4.69, 9.17) is 21.1 Å². The second kappa shape index (κ2) is 8.93. The molecule has 126 valence electrons. The lowest BCUT2D eigenvalue weighted by molar-refractivity contribution is -0.116. The van der Waals surface area contributed by atoms with Crippen molar-refractivity contribution in [1.82, 2.24) is 10.3 Å². The molecule has 5 nitrogen and oxygen atoms in total. The molecule has 0 atom stereocenters. The maximum atomic E-state index is 11.9. The Morgan fingerprint density at radius 1 is 1.42 bits per heavy atom. The maximum Gasteiger partial charge on any atom is 0.244 e. The molecular weight excluding hydrogens is 328 g/mol. The van der Waals surface area contributed by atoms with Crippen LogP contribution in [-0.4, -0.2) is 24.6 Å². The molecule has 1 heterocycles. The number of hydrogen-bond donors (Lipinski definition) is 1. The molecular formula is C18H19ClN2O3. The first kappa shape index (κ1) is 17.8. The predicted molar refractivity (Wildman–Crippen MR) is 94.3 cm³/mol. The van der Waals surface area contributed by atoms with Gasteiger partial charge in [-0.15, -0.1) is 0 Å². The van der Waals surface area contributed by atoms with Crippen LogP contribution in [0.3, 0.4) is 0 Å². The van der Waals surface area contributed by atoms with Crippen molar-refractivity contribution in [3.8, 4) is 11.5 Å². The summed E-state index contributed by atoms with van der Waals surface area (Å²) >= 11 is 6.20. The monoisotopic (exact) mass is 346 g/mol. The minimum atomic E-state index is -0.206. The van der Waals surface area contributed by atoms with Crippen LogP contribution in [0.1, 0.15) is 18.1 Å². The van der Waals surface area contributed by atoms with Crippen LogP contribution in [-0.2, 0) is 11.3 Å². The van der Waals surface area contributed by atoms with E-state index in [9.17, 15) is 4.79 Å². The van der Waals surface area contributed by atoms with Gasteiger partial charge in [-0.1, -0.05) is 17.7 Å². The van der Waals surface area contributed by atoms with E-state index in [1.165, 1.54) is 6.08 Å². The molecule has 24 heavy (non-hydrogen) atoms. The van der Waals surface area contributed by atoms with E-state index in [0.29, 0.717) is 29.7 Å². The van der Waals surface area contributed by atoms with Gasteiger partial charge in [-0.05, 0) is 42.3 Å². The van der Waals surface area contributed by atoms with E-state index < -0.39 is 0 Å². The zero-order valence-electron chi connectivity index (χ0n) is 13.6. The molecule has 0 spiro atoms. The van der Waals surface area contributed by atoms with Crippen molar-refractivity contribution in [1.29, 1.82) is 0 Å². The lowest BCUT2D eigenvalue weighted by atomic mass is 10.2. The molecule has 0 aliphatic heterocycles. The van der Waals surface area contributed by atoms with Crippen molar-refractivity contribution >= 4 is 23.6 Å². The van der Waals surface area contributed by atoms with Gasteiger partial charge in [0.25, 0.3) is 0 Å². The Morgan fingerprint density at radius 3 is 2.92 bits per heavy atom. The van der Waals surface area contributed by atoms with Crippen molar-refractivity contribution in [2.45, 2.75) is 13.5 Å². The van der Waals surface area contributed by atoms with E-state index in [1.807, 2.05) is 19.1 Å². The average Bonchev–Trinajstić information content (AvgIpc) is 2.61. The minimum absolute atomic E-state index is 0.206. The molecule has 1 aromatic heterocycles. The van der Waals surface area contributed by atoms with Gasteiger partial charge >= 0.3 is 0 Å². The Morgan fingerprint density at radius 2 is 2.25 bits per heavy atom. The SMILES string of the molecule is CCOc1c(Cl)cc(/C=C/C(=O)NCc2cccnc2)cc1OC. The molecule has 0 bridgehead atoms. The summed E-state index contributed by atoms with van der Waals surface area (Å²) in [4.78, 5) is 15.9. The summed E-state index contributed by atoms with van der Waals surface area (Å²) in [5, 5.41) is 3.23. The number of rotatable bonds is 7. The Balaban J connectivity index is 2.02. The van der Waals surface area contributed by atoms with Gasteiger partial charge < -0.3 is 14.8 Å². The van der Waals surface area contributed by atoms with Gasteiger partial charge in [0, 0.05) is 25.0 Å². The van der Waals surface area contributed by atoms with E-state index in [1.54, 1.807) is 37.7 Å². The van der Waals surface area contributed by atoms with Crippen molar-refractivity contribution < 1.29 is 14.3 Å². The first-order valence-electron chi connectivity index (χ1n) is 7.49. The Kier molecular flexibility index (Phi) is 6.63. The molecule has 0 fully saturated rings. The van der Waals surface area contributed by atoms with Gasteiger partial charge in [0.15, 0.2) is 11.5 Å². The highest BCUT2D eigenvalue weighted by Gasteiger charge is 2.10. The van der Waals surface area contributed by atoms with Crippen LogP contribution in [0.2, 0.25) is 5.02 Å². The van der Waals surface area contributed by atoms with Gasteiger partial charge in [0.1, 0.15) is 0 Å². The first-order valence-corrected chi connectivity index (χ1v) is 7.87. The standard InChI is InChI=1S/C18H19ClN2O3/c1-3-24-18-15(19)9-13(10-16(18)23-2)6-7-17(22)21-12-14-5-4-8-20-11-14/h4-11H,3,12H2,1-2H3,(H,21,22)/b7-6+. The minimum Gasteiger partial charge on any atom is -0.493 e. The molecule has 0 saturated heterocycles. The lowest BCUT2D eigenvalue weighted by Gasteiger charge is -2.11. The zero-order chi connectivity index (χ0) is 17.4. The number of aromatic nitrogens is 1. The highest BCUT2D eigenvalue weighted by Crippen LogP contribution is 2.36. The number of nitrogens with one attached hydrogen (secondary N) is 1. The molecule has 2 rings (SSSR count). The van der Waals surface area contributed by atoms with Gasteiger partial charge in [0.2, 0.25) is 5.91 Å². The highest BCUT2D eigenvalue weighted by atomic mass is 35.5. The molecule has 6 heteroatoms. The van der Waals surface area contributed by atoms with Gasteiger partial charge in [-0.2, -0.15) is 0 Å². The third kappa shape index (κ3) is 4.99. The maximum absolute atomic E-state index is 11.9. The highest BCUT2D eigenvalue weighted by molar-refractivity contribution is 6.32. The number of pyridine rings is 1. The number of carbonyl (C=O) groups excluding carboxylic acids is 1. The fourth-order valence-electron chi connectivity index (χ4n) is 2.04. The van der Waals surface area contributed by atoms with Crippen LogP contribution in [0.15, 0.2) is 42.7 Å². The second-order valence-corrected chi connectivity index (χ2v) is 5.29. The molecule has 0 aliphatic carbocycles. The molecule has 1 amide bonds. The number of amides is 1. The van der Waals surface area contributed by atoms with Crippen LogP contribution < -0.4 is 14.8 Å². The van der Waals surface area contributed by atoms with Crippen LogP contribution >= 0.6 is 11.6 Å². The number of halogens is 1. The van der Waals surface area contributed by atoms with Crippen LogP contribution in [0.25, 0.3) is 6.08 Å². The topological polar surface area (TPSA) is 60.5 Å². The molecule has 1 N–H and O–H groups in total. The average molecular weight is 347 g/mol. The summed E-state index contributed by atoms with van der Waals surface area (Å²) in [6.45, 7) is 2.78. The number of nitrogens with zero attached hydrogens (tertiary/aromatic N) is 1. The van der Waals surface area contributed by atoms with Crippen LogP contribution in [0, 0.1) is 0 Å². The van der Waals surface area contributed by atoms with E-state index in [0.717, 1.165) is 11.1 Å². The largest absolute Gasteiger partial charge is 0.493 e. The number of ether oxygens (including phenoxy) is 2. The quantitative estimate of drug-likeness (QED) is 0.780. The van der Waals surface area contributed by atoms with Gasteiger partial charge in [-0.25, -0.2) is 0 Å². The van der Waals surface area contributed by atoms with Gasteiger partial charge in [-0.3, -0.25) is 9.78 Å². The number of hydrogen-bond acceptors (Lipinski definition) is 4. The fourth-order valence-corrected chi connectivity index (χ4v) is 2.32. The molecule has 0 unspecified atom stereocenters. The molecule has 0 radical (unpaired) electrons. The third-order valence-corrected chi connectivity index (χ3v) is 3.44. The molecule has 0 saturated carbocycles. The number of methoxy groups -OCH3 is 1. The van der Waals surface area contributed by atoms with Crippen molar-refractivity contribution in [3.05, 3.63) is 58.9 Å². The summed E-state index contributed by atoms with van der Waals surface area (Å²) in [7, 11) is 1.54. The lowest BCUT2D eigenvalue weighted by Crippen LogP contribution is -2.20. The zero-order valence-corrected chi connectivity index (χ0v) is 14.3. The predicted octanol–water partition coefficient (Wildman–Crippen LogP) is 3.47. The van der Waals surface area contributed by atoms with Gasteiger partial charge in [0.05, 0.1) is 18.7 Å². The second-order valence-electron chi connectivity index (χ2n) is 4.88. The van der Waals surface area contributed by atoms with Crippen LogP contribution in [0.4, 0.5) is 0 Å². The molecule has 0 aliphatic rings. The summed E-state index contributed by atoms with van der Waals surface area (Å²) < 4.78 is 10.7. The molecule has 1 aromatic carbocycles. The van der Waals surface area contributed by atoms with Crippen LogP contribution in [0.5, 0.6) is 11.5 Å². The fraction of sp³-hybridized carbons (Fsp3) is 0.222. The van der Waals surface area contributed by atoms with Crippen molar-refractivity contribution in [2.75, 3.05) is 13.7 Å². The van der Waals surface area contributed by atoms with Crippen molar-refractivity contribution in [3.63, 3.8) is 0 Å². The number of benzene rings is 1.